The maximum Gasteiger partial charge on any atom is 0.127 e. The Morgan fingerprint density at radius 2 is 2.00 bits per heavy atom. The first kappa shape index (κ1) is 13.2. The Balaban J connectivity index is 1.50. The van der Waals surface area contributed by atoms with E-state index in [1.54, 1.807) is 6.07 Å². The summed E-state index contributed by atoms with van der Waals surface area (Å²) in [6, 6.07) is 5.55. The molecule has 3 saturated carbocycles. The molecular weight excluding hydrogens is 319 g/mol. The molecule has 5 atom stereocenters. The van der Waals surface area contributed by atoms with E-state index in [9.17, 15) is 4.39 Å². The highest BCUT2D eigenvalue weighted by atomic mass is 79.9. The van der Waals surface area contributed by atoms with Crippen molar-refractivity contribution in [2.75, 3.05) is 0 Å². The van der Waals surface area contributed by atoms with E-state index in [0.29, 0.717) is 12.3 Å². The predicted octanol–water partition coefficient (Wildman–Crippen LogP) is 3.25. The van der Waals surface area contributed by atoms with Crippen LogP contribution in [0, 0.1) is 35.4 Å². The van der Waals surface area contributed by atoms with Gasteiger partial charge in [0.1, 0.15) is 5.82 Å². The number of fused-ring (bicyclic) bond motifs is 5. The van der Waals surface area contributed by atoms with Crippen LogP contribution in [0.25, 0.3) is 0 Å². The normalized spacial score (nSPS) is 38.9. The topological polar surface area (TPSA) is 38.0 Å². The van der Waals surface area contributed by atoms with E-state index in [-0.39, 0.29) is 11.9 Å². The van der Waals surface area contributed by atoms with E-state index in [1.807, 2.05) is 12.1 Å². The van der Waals surface area contributed by atoms with Crippen molar-refractivity contribution in [3.8, 4) is 0 Å². The van der Waals surface area contributed by atoms with Crippen LogP contribution in [0.15, 0.2) is 22.7 Å². The number of hydrazine groups is 1. The first-order valence-electron chi connectivity index (χ1n) is 7.59. The second-order valence-corrected chi connectivity index (χ2v) is 7.69. The Morgan fingerprint density at radius 1 is 1.30 bits per heavy atom. The molecule has 1 aromatic carbocycles. The summed E-state index contributed by atoms with van der Waals surface area (Å²) < 4.78 is 14.8. The van der Waals surface area contributed by atoms with Gasteiger partial charge in [0.05, 0.1) is 0 Å². The first-order chi connectivity index (χ1) is 9.69. The van der Waals surface area contributed by atoms with Gasteiger partial charge in [0, 0.05) is 10.5 Å². The standard InChI is InChI=1S/C16H20BrFN2/c17-11-4-3-8(12(18)7-11)6-13(20-19)16-14-9-1-2-10(5-9)15(14)16/h3-4,7,9-10,13-16,20H,1-2,5-6,19H2. The van der Waals surface area contributed by atoms with Gasteiger partial charge in [0.25, 0.3) is 0 Å². The van der Waals surface area contributed by atoms with Crippen LogP contribution in [-0.2, 0) is 6.42 Å². The van der Waals surface area contributed by atoms with E-state index in [0.717, 1.165) is 33.7 Å². The summed E-state index contributed by atoms with van der Waals surface area (Å²) in [7, 11) is 0. The highest BCUT2D eigenvalue weighted by Crippen LogP contribution is 2.70. The Hall–Kier alpha value is -0.450. The number of rotatable bonds is 4. The van der Waals surface area contributed by atoms with Gasteiger partial charge in [-0.1, -0.05) is 22.0 Å². The summed E-state index contributed by atoms with van der Waals surface area (Å²) in [6.45, 7) is 0. The minimum atomic E-state index is -0.131. The Morgan fingerprint density at radius 3 is 2.60 bits per heavy atom. The maximum atomic E-state index is 14.0. The Labute approximate surface area is 127 Å². The fraction of sp³-hybridized carbons (Fsp3) is 0.625. The molecule has 20 heavy (non-hydrogen) atoms. The predicted molar refractivity (Wildman–Crippen MR) is 80.2 cm³/mol. The monoisotopic (exact) mass is 338 g/mol. The summed E-state index contributed by atoms with van der Waals surface area (Å²) >= 11 is 3.30. The molecule has 1 aromatic rings. The van der Waals surface area contributed by atoms with Crippen molar-refractivity contribution in [3.63, 3.8) is 0 Å². The van der Waals surface area contributed by atoms with E-state index >= 15 is 0 Å². The number of hydrogen-bond donors (Lipinski definition) is 2. The maximum absolute atomic E-state index is 14.0. The van der Waals surface area contributed by atoms with Gasteiger partial charge in [0.15, 0.2) is 0 Å². The van der Waals surface area contributed by atoms with Crippen molar-refractivity contribution < 1.29 is 4.39 Å². The lowest BCUT2D eigenvalue weighted by Crippen LogP contribution is -2.40. The zero-order valence-corrected chi connectivity index (χ0v) is 12.9. The average molecular weight is 339 g/mol. The molecule has 5 unspecified atom stereocenters. The minimum Gasteiger partial charge on any atom is -0.271 e. The molecule has 3 aliphatic carbocycles. The van der Waals surface area contributed by atoms with Crippen LogP contribution in [0.5, 0.6) is 0 Å². The Bertz CT molecular complexity index is 519. The Kier molecular flexibility index (Phi) is 3.17. The summed E-state index contributed by atoms with van der Waals surface area (Å²) in [4.78, 5) is 0. The van der Waals surface area contributed by atoms with Crippen molar-refractivity contribution in [3.05, 3.63) is 34.1 Å². The molecular formula is C16H20BrFN2. The van der Waals surface area contributed by atoms with Crippen molar-refractivity contribution in [1.82, 2.24) is 5.43 Å². The lowest BCUT2D eigenvalue weighted by Gasteiger charge is -2.20. The second-order valence-electron chi connectivity index (χ2n) is 6.78. The summed E-state index contributed by atoms with van der Waals surface area (Å²) in [6.07, 6.45) is 4.96. The quantitative estimate of drug-likeness (QED) is 0.653. The van der Waals surface area contributed by atoms with Gasteiger partial charge in [-0.2, -0.15) is 0 Å². The van der Waals surface area contributed by atoms with Gasteiger partial charge in [-0.15, -0.1) is 0 Å². The zero-order chi connectivity index (χ0) is 13.9. The zero-order valence-electron chi connectivity index (χ0n) is 11.4. The molecule has 3 fully saturated rings. The van der Waals surface area contributed by atoms with Crippen LogP contribution in [0.4, 0.5) is 4.39 Å². The molecule has 3 N–H and O–H groups in total. The molecule has 0 heterocycles. The number of halogens is 2. The lowest BCUT2D eigenvalue weighted by molar-refractivity contribution is 0.362. The molecule has 0 amide bonds. The van der Waals surface area contributed by atoms with Gasteiger partial charge < -0.3 is 0 Å². The molecule has 0 saturated heterocycles. The largest absolute Gasteiger partial charge is 0.271 e. The second kappa shape index (κ2) is 4.79. The average Bonchev–Trinajstić information content (AvgIpc) is 2.86. The van der Waals surface area contributed by atoms with Gasteiger partial charge in [0.2, 0.25) is 0 Å². The van der Waals surface area contributed by atoms with Crippen molar-refractivity contribution in [2.45, 2.75) is 31.7 Å². The van der Waals surface area contributed by atoms with Crippen LogP contribution >= 0.6 is 15.9 Å². The van der Waals surface area contributed by atoms with Gasteiger partial charge in [-0.05, 0) is 73.0 Å². The lowest BCUT2D eigenvalue weighted by atomic mass is 9.93. The van der Waals surface area contributed by atoms with E-state index < -0.39 is 0 Å². The smallest absolute Gasteiger partial charge is 0.127 e. The number of benzene rings is 1. The van der Waals surface area contributed by atoms with E-state index in [1.165, 1.54) is 19.3 Å². The first-order valence-corrected chi connectivity index (χ1v) is 8.38. The third-order valence-electron chi connectivity index (χ3n) is 5.93. The molecule has 3 aliphatic rings. The molecule has 4 heteroatoms. The summed E-state index contributed by atoms with van der Waals surface area (Å²) in [5.41, 5.74) is 3.75. The molecule has 0 aromatic heterocycles. The molecule has 2 bridgehead atoms. The van der Waals surface area contributed by atoms with Crippen LogP contribution < -0.4 is 11.3 Å². The molecule has 0 spiro atoms. The van der Waals surface area contributed by atoms with Crippen LogP contribution in [0.3, 0.4) is 0 Å². The fourth-order valence-corrected chi connectivity index (χ4v) is 5.49. The number of nitrogens with one attached hydrogen (secondary N) is 1. The van der Waals surface area contributed by atoms with Crippen LogP contribution in [-0.4, -0.2) is 6.04 Å². The highest BCUT2D eigenvalue weighted by molar-refractivity contribution is 9.10. The molecule has 0 radical (unpaired) electrons. The van der Waals surface area contributed by atoms with Crippen LogP contribution in [0.2, 0.25) is 0 Å². The molecule has 108 valence electrons. The third kappa shape index (κ3) is 1.96. The van der Waals surface area contributed by atoms with E-state index in [2.05, 4.69) is 21.4 Å². The fourth-order valence-electron chi connectivity index (χ4n) is 5.16. The van der Waals surface area contributed by atoms with Gasteiger partial charge in [-0.3, -0.25) is 11.3 Å². The molecule has 0 aliphatic heterocycles. The summed E-state index contributed by atoms with van der Waals surface area (Å²) in [5, 5.41) is 0. The third-order valence-corrected chi connectivity index (χ3v) is 6.42. The molecule has 2 nitrogen and oxygen atoms in total. The number of nitrogens with two attached hydrogens (primary N) is 1. The van der Waals surface area contributed by atoms with Crippen molar-refractivity contribution in [1.29, 1.82) is 0 Å². The van der Waals surface area contributed by atoms with Crippen LogP contribution in [0.1, 0.15) is 24.8 Å². The molecule has 4 rings (SSSR count). The van der Waals surface area contributed by atoms with E-state index in [4.69, 9.17) is 5.84 Å². The van der Waals surface area contributed by atoms with Gasteiger partial charge in [-0.25, -0.2) is 4.39 Å². The minimum absolute atomic E-state index is 0.131. The summed E-state index contributed by atoms with van der Waals surface area (Å²) in [5.74, 6) is 9.92. The van der Waals surface area contributed by atoms with Crippen molar-refractivity contribution >= 4 is 15.9 Å². The number of hydrogen-bond acceptors (Lipinski definition) is 2. The SMILES string of the molecule is NNC(Cc1ccc(Br)cc1F)C1C2C3CCC(C3)C21. The highest BCUT2D eigenvalue weighted by Gasteiger charge is 2.66. The van der Waals surface area contributed by atoms with Gasteiger partial charge >= 0.3 is 0 Å². The van der Waals surface area contributed by atoms with Crippen molar-refractivity contribution in [2.24, 2.45) is 35.4 Å².